The fourth-order valence-electron chi connectivity index (χ4n) is 1.98. The average Bonchev–Trinajstić information content (AvgIpc) is 2.17. The first-order chi connectivity index (χ1) is 6.65. The minimum atomic E-state index is -0.733. The SMILES string of the molecule is COC[C@H]1CCCN([C@H](C)C(=O)O)C1. The standard InChI is InChI=1S/C10H19NO3/c1-8(10(12)13)11-5-3-4-9(6-11)7-14-2/h8-9H,3-7H2,1-2H3,(H,12,13)/t8-,9+/m1/s1. The molecule has 82 valence electrons. The first-order valence-electron chi connectivity index (χ1n) is 5.11. The Kier molecular flexibility index (Phi) is 4.35. The van der Waals surface area contributed by atoms with Gasteiger partial charge in [-0.2, -0.15) is 0 Å². The van der Waals surface area contributed by atoms with Gasteiger partial charge >= 0.3 is 5.97 Å². The summed E-state index contributed by atoms with van der Waals surface area (Å²) in [6.07, 6.45) is 2.22. The third-order valence-electron chi connectivity index (χ3n) is 2.86. The van der Waals surface area contributed by atoms with Gasteiger partial charge in [-0.05, 0) is 32.2 Å². The van der Waals surface area contributed by atoms with Crippen LogP contribution in [0.1, 0.15) is 19.8 Å². The maximum atomic E-state index is 10.8. The van der Waals surface area contributed by atoms with Crippen molar-refractivity contribution in [3.05, 3.63) is 0 Å². The van der Waals surface area contributed by atoms with Crippen LogP contribution >= 0.6 is 0 Å². The molecule has 1 aliphatic rings. The highest BCUT2D eigenvalue weighted by molar-refractivity contribution is 5.72. The molecule has 2 atom stereocenters. The molecular weight excluding hydrogens is 182 g/mol. The van der Waals surface area contributed by atoms with Gasteiger partial charge in [0.1, 0.15) is 6.04 Å². The van der Waals surface area contributed by atoms with Crippen molar-refractivity contribution in [1.82, 2.24) is 4.90 Å². The number of aliphatic carboxylic acids is 1. The average molecular weight is 201 g/mol. The number of rotatable bonds is 4. The summed E-state index contributed by atoms with van der Waals surface area (Å²) in [5.74, 6) is -0.237. The molecule has 0 radical (unpaired) electrons. The molecule has 0 aromatic heterocycles. The highest BCUT2D eigenvalue weighted by Crippen LogP contribution is 2.18. The Morgan fingerprint density at radius 2 is 2.43 bits per heavy atom. The molecular formula is C10H19NO3. The van der Waals surface area contributed by atoms with Crippen molar-refractivity contribution in [3.8, 4) is 0 Å². The lowest BCUT2D eigenvalue weighted by molar-refractivity contribution is -0.143. The topological polar surface area (TPSA) is 49.8 Å². The zero-order chi connectivity index (χ0) is 10.6. The second kappa shape index (κ2) is 5.32. The van der Waals surface area contributed by atoms with E-state index in [2.05, 4.69) is 0 Å². The van der Waals surface area contributed by atoms with Crippen LogP contribution in [0.3, 0.4) is 0 Å². The molecule has 0 spiro atoms. The van der Waals surface area contributed by atoms with E-state index >= 15 is 0 Å². The Morgan fingerprint density at radius 3 is 3.00 bits per heavy atom. The van der Waals surface area contributed by atoms with Crippen LogP contribution in [-0.4, -0.2) is 48.8 Å². The predicted octanol–water partition coefficient (Wildman–Crippen LogP) is 0.818. The van der Waals surface area contributed by atoms with Gasteiger partial charge in [-0.25, -0.2) is 0 Å². The van der Waals surface area contributed by atoms with Crippen molar-refractivity contribution in [2.24, 2.45) is 5.92 Å². The summed E-state index contributed by atoms with van der Waals surface area (Å²) in [5, 5.41) is 8.88. The smallest absolute Gasteiger partial charge is 0.320 e. The van der Waals surface area contributed by atoms with Crippen LogP contribution in [-0.2, 0) is 9.53 Å². The summed E-state index contributed by atoms with van der Waals surface area (Å²) in [5.41, 5.74) is 0. The van der Waals surface area contributed by atoms with E-state index in [0.717, 1.165) is 32.5 Å². The number of hydrogen-bond donors (Lipinski definition) is 1. The minimum absolute atomic E-state index is 0.366. The molecule has 0 amide bonds. The van der Waals surface area contributed by atoms with Gasteiger partial charge < -0.3 is 9.84 Å². The lowest BCUT2D eigenvalue weighted by atomic mass is 9.98. The van der Waals surface area contributed by atoms with Crippen molar-refractivity contribution in [2.75, 3.05) is 26.8 Å². The molecule has 0 aliphatic carbocycles. The largest absolute Gasteiger partial charge is 0.480 e. The van der Waals surface area contributed by atoms with Gasteiger partial charge in [0.15, 0.2) is 0 Å². The molecule has 1 saturated heterocycles. The van der Waals surface area contributed by atoms with Crippen LogP contribution in [0.5, 0.6) is 0 Å². The number of carboxylic acids is 1. The van der Waals surface area contributed by atoms with Gasteiger partial charge in [0.2, 0.25) is 0 Å². The van der Waals surface area contributed by atoms with Crippen LogP contribution in [0, 0.1) is 5.92 Å². The second-order valence-electron chi connectivity index (χ2n) is 3.97. The Balaban J connectivity index is 2.43. The first kappa shape index (κ1) is 11.5. The molecule has 0 aromatic carbocycles. The molecule has 14 heavy (non-hydrogen) atoms. The van der Waals surface area contributed by atoms with E-state index in [0.29, 0.717) is 5.92 Å². The van der Waals surface area contributed by atoms with Gasteiger partial charge in [-0.3, -0.25) is 9.69 Å². The maximum absolute atomic E-state index is 10.8. The normalized spacial score (nSPS) is 26.0. The molecule has 1 aliphatic heterocycles. The summed E-state index contributed by atoms with van der Waals surface area (Å²) in [6, 6.07) is -0.366. The summed E-state index contributed by atoms with van der Waals surface area (Å²) in [7, 11) is 1.69. The van der Waals surface area contributed by atoms with E-state index in [4.69, 9.17) is 9.84 Å². The molecule has 4 nitrogen and oxygen atoms in total. The van der Waals surface area contributed by atoms with Crippen LogP contribution in [0.4, 0.5) is 0 Å². The zero-order valence-corrected chi connectivity index (χ0v) is 8.90. The van der Waals surface area contributed by atoms with Crippen LogP contribution < -0.4 is 0 Å². The van der Waals surface area contributed by atoms with Gasteiger partial charge in [-0.15, -0.1) is 0 Å². The molecule has 1 N–H and O–H groups in total. The highest BCUT2D eigenvalue weighted by Gasteiger charge is 2.26. The van der Waals surface area contributed by atoms with E-state index in [-0.39, 0.29) is 6.04 Å². The third kappa shape index (κ3) is 2.96. The summed E-state index contributed by atoms with van der Waals surface area (Å²) in [4.78, 5) is 12.8. The Morgan fingerprint density at radius 1 is 1.71 bits per heavy atom. The number of nitrogens with zero attached hydrogens (tertiary/aromatic N) is 1. The number of likely N-dealkylation sites (tertiary alicyclic amines) is 1. The number of carboxylic acid groups (broad SMARTS) is 1. The van der Waals surface area contributed by atoms with Gasteiger partial charge in [0.25, 0.3) is 0 Å². The number of ether oxygens (including phenoxy) is 1. The van der Waals surface area contributed by atoms with E-state index in [1.807, 2.05) is 4.90 Å². The highest BCUT2D eigenvalue weighted by atomic mass is 16.5. The maximum Gasteiger partial charge on any atom is 0.320 e. The molecule has 4 heteroatoms. The van der Waals surface area contributed by atoms with Crippen molar-refractivity contribution in [1.29, 1.82) is 0 Å². The molecule has 0 saturated carbocycles. The van der Waals surface area contributed by atoms with Gasteiger partial charge in [0, 0.05) is 13.7 Å². The zero-order valence-electron chi connectivity index (χ0n) is 8.90. The Labute approximate surface area is 84.8 Å². The molecule has 0 aromatic rings. The molecule has 1 fully saturated rings. The number of carbonyl (C=O) groups is 1. The molecule has 1 rings (SSSR count). The fourth-order valence-corrected chi connectivity index (χ4v) is 1.98. The first-order valence-corrected chi connectivity index (χ1v) is 5.11. The van der Waals surface area contributed by atoms with Gasteiger partial charge in [0.05, 0.1) is 6.61 Å². The minimum Gasteiger partial charge on any atom is -0.480 e. The third-order valence-corrected chi connectivity index (χ3v) is 2.86. The molecule has 0 unspecified atom stereocenters. The number of methoxy groups -OCH3 is 1. The number of piperidine rings is 1. The quantitative estimate of drug-likeness (QED) is 0.731. The van der Waals surface area contributed by atoms with E-state index < -0.39 is 5.97 Å². The van der Waals surface area contributed by atoms with Crippen LogP contribution in [0.25, 0.3) is 0 Å². The lowest BCUT2D eigenvalue weighted by Crippen LogP contribution is -2.45. The summed E-state index contributed by atoms with van der Waals surface area (Å²) in [6.45, 7) is 4.23. The number of hydrogen-bond acceptors (Lipinski definition) is 3. The Hall–Kier alpha value is -0.610. The molecule has 1 heterocycles. The lowest BCUT2D eigenvalue weighted by Gasteiger charge is -2.34. The van der Waals surface area contributed by atoms with Gasteiger partial charge in [-0.1, -0.05) is 0 Å². The van der Waals surface area contributed by atoms with E-state index in [1.165, 1.54) is 0 Å². The van der Waals surface area contributed by atoms with E-state index in [9.17, 15) is 4.79 Å². The van der Waals surface area contributed by atoms with Crippen LogP contribution in [0.15, 0.2) is 0 Å². The van der Waals surface area contributed by atoms with Crippen molar-refractivity contribution < 1.29 is 14.6 Å². The second-order valence-corrected chi connectivity index (χ2v) is 3.97. The van der Waals surface area contributed by atoms with Crippen molar-refractivity contribution in [2.45, 2.75) is 25.8 Å². The molecule has 0 bridgehead atoms. The fraction of sp³-hybridized carbons (Fsp3) is 0.900. The monoisotopic (exact) mass is 201 g/mol. The summed E-state index contributed by atoms with van der Waals surface area (Å²) < 4.78 is 5.10. The van der Waals surface area contributed by atoms with Crippen molar-refractivity contribution >= 4 is 5.97 Å². The Bertz CT molecular complexity index is 194. The summed E-state index contributed by atoms with van der Waals surface area (Å²) >= 11 is 0. The van der Waals surface area contributed by atoms with Crippen molar-refractivity contribution in [3.63, 3.8) is 0 Å². The predicted molar refractivity (Wildman–Crippen MR) is 53.3 cm³/mol. The van der Waals surface area contributed by atoms with Crippen LogP contribution in [0.2, 0.25) is 0 Å². The van der Waals surface area contributed by atoms with E-state index in [1.54, 1.807) is 14.0 Å².